The lowest BCUT2D eigenvalue weighted by Crippen LogP contribution is -2.49. The first-order valence-corrected chi connectivity index (χ1v) is 11.6. The zero-order valence-corrected chi connectivity index (χ0v) is 21.5. The Morgan fingerprint density at radius 3 is 2.65 bits per heavy atom. The van der Waals surface area contributed by atoms with E-state index in [4.69, 9.17) is 5.73 Å². The monoisotopic (exact) mass is 541 g/mol. The van der Waals surface area contributed by atoms with Gasteiger partial charge in [-0.2, -0.15) is 0 Å². The minimum Gasteiger partial charge on any atom is -0.369 e. The van der Waals surface area contributed by atoms with Crippen molar-refractivity contribution < 1.29 is 4.79 Å². The van der Waals surface area contributed by atoms with E-state index in [1.165, 1.54) is 18.4 Å². The van der Waals surface area contributed by atoms with Crippen molar-refractivity contribution in [2.45, 2.75) is 44.9 Å². The number of rotatable bonds is 7. The maximum absolute atomic E-state index is 11.5. The smallest absolute Gasteiger partial charge is 0.221 e. The molecule has 3 N–H and O–H groups in total. The summed E-state index contributed by atoms with van der Waals surface area (Å²) in [6, 6.07) is 11.0. The Labute approximate surface area is 205 Å². The van der Waals surface area contributed by atoms with Gasteiger partial charge in [-0.3, -0.25) is 9.79 Å². The molecule has 7 heteroatoms. The van der Waals surface area contributed by atoms with Gasteiger partial charge in [-0.15, -0.1) is 24.0 Å². The number of guanidine groups is 1. The van der Waals surface area contributed by atoms with Crippen molar-refractivity contribution in [1.29, 1.82) is 0 Å². The summed E-state index contributed by atoms with van der Waals surface area (Å²) < 4.78 is 0. The van der Waals surface area contributed by atoms with Crippen LogP contribution >= 0.6 is 24.0 Å². The van der Waals surface area contributed by atoms with Crippen LogP contribution in [0.3, 0.4) is 0 Å². The van der Waals surface area contributed by atoms with Crippen LogP contribution in [0.5, 0.6) is 0 Å². The molecule has 0 aromatic heterocycles. The Hall–Kier alpha value is -1.35. The second-order valence-corrected chi connectivity index (χ2v) is 8.79. The predicted molar refractivity (Wildman–Crippen MR) is 139 cm³/mol. The Balaban J connectivity index is 0.00000341. The molecule has 31 heavy (non-hydrogen) atoms. The van der Waals surface area contributed by atoms with Crippen LogP contribution in [-0.4, -0.2) is 68.0 Å². The minimum atomic E-state index is -0.150. The third-order valence-electron chi connectivity index (χ3n) is 6.84. The number of benzene rings is 1. The van der Waals surface area contributed by atoms with Gasteiger partial charge in [0.15, 0.2) is 5.96 Å². The largest absolute Gasteiger partial charge is 0.369 e. The molecule has 2 saturated heterocycles. The fraction of sp³-hybridized carbons (Fsp3) is 0.667. The number of aliphatic imine (C=N–C) groups is 1. The number of hydrogen-bond donors (Lipinski definition) is 2. The van der Waals surface area contributed by atoms with Gasteiger partial charge >= 0.3 is 0 Å². The first-order valence-electron chi connectivity index (χ1n) is 11.6. The first kappa shape index (κ1) is 25.9. The third-order valence-corrected chi connectivity index (χ3v) is 6.84. The Kier molecular flexibility index (Phi) is 11.1. The van der Waals surface area contributed by atoms with Crippen molar-refractivity contribution in [3.8, 4) is 0 Å². The van der Waals surface area contributed by atoms with Crippen molar-refractivity contribution in [3.05, 3.63) is 35.9 Å². The van der Waals surface area contributed by atoms with Crippen LogP contribution in [0.15, 0.2) is 35.3 Å². The Morgan fingerprint density at radius 2 is 1.97 bits per heavy atom. The van der Waals surface area contributed by atoms with E-state index in [2.05, 4.69) is 57.4 Å². The standard InChI is InChI=1S/C24H39N5O.HI/c1-3-19-18-29(16-12-22(19)20-9-5-4-6-10-20)24(26-2)27-13-8-15-28-14-7-11-21(17-28)23(25)30;/h4-6,9-10,19,21-22H,3,7-8,11-18H2,1-2H3,(H2,25,30)(H,26,27);1H. The van der Waals surface area contributed by atoms with Crippen molar-refractivity contribution in [2.24, 2.45) is 22.6 Å². The van der Waals surface area contributed by atoms with Gasteiger partial charge in [-0.05, 0) is 56.2 Å². The Bertz CT molecular complexity index is 698. The SMILES string of the molecule is CCC1CN(C(=NC)NCCCN2CCCC(C(N)=O)C2)CCC1c1ccccc1.I. The van der Waals surface area contributed by atoms with Gasteiger partial charge in [0, 0.05) is 33.2 Å². The highest BCUT2D eigenvalue weighted by atomic mass is 127. The van der Waals surface area contributed by atoms with Crippen LogP contribution in [0.25, 0.3) is 0 Å². The molecule has 1 aromatic carbocycles. The summed E-state index contributed by atoms with van der Waals surface area (Å²) >= 11 is 0. The van der Waals surface area contributed by atoms with Gasteiger partial charge in [0.2, 0.25) is 5.91 Å². The lowest BCUT2D eigenvalue weighted by atomic mass is 9.79. The fourth-order valence-electron chi connectivity index (χ4n) is 5.10. The van der Waals surface area contributed by atoms with Crippen LogP contribution in [0.4, 0.5) is 0 Å². The van der Waals surface area contributed by atoms with Crippen molar-refractivity contribution in [1.82, 2.24) is 15.1 Å². The molecule has 1 aromatic rings. The first-order chi connectivity index (χ1) is 14.6. The summed E-state index contributed by atoms with van der Waals surface area (Å²) in [7, 11) is 1.88. The zero-order chi connectivity index (χ0) is 21.3. The highest BCUT2D eigenvalue weighted by molar-refractivity contribution is 14.0. The number of primary amides is 1. The maximum atomic E-state index is 11.5. The molecule has 2 aliphatic heterocycles. The molecule has 3 unspecified atom stereocenters. The zero-order valence-electron chi connectivity index (χ0n) is 19.1. The van der Waals surface area contributed by atoms with Gasteiger partial charge in [0.05, 0.1) is 5.92 Å². The van der Waals surface area contributed by atoms with E-state index >= 15 is 0 Å². The molecule has 0 saturated carbocycles. The topological polar surface area (TPSA) is 74.0 Å². The molecule has 0 aliphatic carbocycles. The number of nitrogens with one attached hydrogen (secondary N) is 1. The molecular formula is C24H40IN5O. The molecule has 3 atom stereocenters. The van der Waals surface area contributed by atoms with E-state index in [1.807, 2.05) is 7.05 Å². The van der Waals surface area contributed by atoms with Crippen LogP contribution < -0.4 is 11.1 Å². The highest BCUT2D eigenvalue weighted by Gasteiger charge is 2.30. The number of carbonyl (C=O) groups excluding carboxylic acids is 1. The summed E-state index contributed by atoms with van der Waals surface area (Å²) in [6.07, 6.45) is 5.41. The third kappa shape index (κ3) is 7.34. The van der Waals surface area contributed by atoms with Crippen molar-refractivity contribution in [2.75, 3.05) is 46.3 Å². The molecular weight excluding hydrogens is 501 g/mol. The Morgan fingerprint density at radius 1 is 1.19 bits per heavy atom. The predicted octanol–water partition coefficient (Wildman–Crippen LogP) is 3.28. The molecule has 1 amide bonds. The minimum absolute atomic E-state index is 0. The molecule has 2 fully saturated rings. The van der Waals surface area contributed by atoms with Crippen LogP contribution in [0.1, 0.15) is 50.5 Å². The molecule has 0 radical (unpaired) electrons. The molecule has 174 valence electrons. The quantitative estimate of drug-likeness (QED) is 0.241. The highest BCUT2D eigenvalue weighted by Crippen LogP contribution is 2.34. The summed E-state index contributed by atoms with van der Waals surface area (Å²) in [5.41, 5.74) is 6.97. The molecule has 0 bridgehead atoms. The van der Waals surface area contributed by atoms with Gasteiger partial charge in [0.1, 0.15) is 0 Å². The number of piperidine rings is 2. The van der Waals surface area contributed by atoms with E-state index in [-0.39, 0.29) is 35.8 Å². The summed E-state index contributed by atoms with van der Waals surface area (Å²) in [6.45, 7) is 8.20. The second-order valence-electron chi connectivity index (χ2n) is 8.79. The van der Waals surface area contributed by atoms with Crippen LogP contribution in [-0.2, 0) is 4.79 Å². The van der Waals surface area contributed by atoms with Crippen molar-refractivity contribution in [3.63, 3.8) is 0 Å². The number of hydrogen-bond acceptors (Lipinski definition) is 3. The van der Waals surface area contributed by atoms with Crippen LogP contribution in [0.2, 0.25) is 0 Å². The number of halogens is 1. The molecule has 3 rings (SSSR count). The van der Waals surface area contributed by atoms with Crippen molar-refractivity contribution >= 4 is 35.8 Å². The van der Waals surface area contributed by atoms with Gasteiger partial charge in [0.25, 0.3) is 0 Å². The number of nitrogens with zero attached hydrogens (tertiary/aromatic N) is 3. The number of nitrogens with two attached hydrogens (primary N) is 1. The molecule has 6 nitrogen and oxygen atoms in total. The van der Waals surface area contributed by atoms with Gasteiger partial charge in [-0.1, -0.05) is 43.7 Å². The normalized spacial score (nSPS) is 25.0. The van der Waals surface area contributed by atoms with Gasteiger partial charge < -0.3 is 20.9 Å². The van der Waals surface area contributed by atoms with E-state index < -0.39 is 0 Å². The fourth-order valence-corrected chi connectivity index (χ4v) is 5.10. The summed E-state index contributed by atoms with van der Waals surface area (Å²) in [4.78, 5) is 20.8. The lowest BCUT2D eigenvalue weighted by molar-refractivity contribution is -0.123. The average molecular weight is 542 g/mol. The van der Waals surface area contributed by atoms with E-state index in [1.54, 1.807) is 0 Å². The average Bonchev–Trinajstić information content (AvgIpc) is 2.79. The summed E-state index contributed by atoms with van der Waals surface area (Å²) in [5, 5.41) is 3.57. The number of carbonyl (C=O) groups is 1. The lowest BCUT2D eigenvalue weighted by Gasteiger charge is -2.40. The van der Waals surface area contributed by atoms with E-state index in [0.29, 0.717) is 11.8 Å². The second kappa shape index (κ2) is 13.3. The van der Waals surface area contributed by atoms with Crippen LogP contribution in [0, 0.1) is 11.8 Å². The summed E-state index contributed by atoms with van der Waals surface area (Å²) in [5.74, 6) is 2.19. The molecule has 2 aliphatic rings. The number of amides is 1. The molecule has 0 spiro atoms. The number of likely N-dealkylation sites (tertiary alicyclic amines) is 2. The maximum Gasteiger partial charge on any atom is 0.221 e. The van der Waals surface area contributed by atoms with E-state index in [9.17, 15) is 4.79 Å². The molecule has 2 heterocycles. The van der Waals surface area contributed by atoms with Gasteiger partial charge in [-0.25, -0.2) is 0 Å². The van der Waals surface area contributed by atoms with E-state index in [0.717, 1.165) is 64.5 Å².